The summed E-state index contributed by atoms with van der Waals surface area (Å²) in [5.74, 6) is 0.0845. The van der Waals surface area contributed by atoms with E-state index in [1.165, 1.54) is 11.6 Å². The summed E-state index contributed by atoms with van der Waals surface area (Å²) >= 11 is 2.04. The zero-order valence-corrected chi connectivity index (χ0v) is 7.57. The molecule has 1 aromatic heterocycles. The van der Waals surface area contributed by atoms with Crippen LogP contribution >= 0.6 is 22.6 Å². The number of ketones is 1. The van der Waals surface area contributed by atoms with Crippen LogP contribution in [0.4, 0.5) is 0 Å². The summed E-state index contributed by atoms with van der Waals surface area (Å²) in [6.45, 7) is 1.84. The third-order valence-electron chi connectivity index (χ3n) is 0.895. The van der Waals surface area contributed by atoms with Gasteiger partial charge in [0, 0.05) is 0 Å². The fourth-order valence-electron chi connectivity index (χ4n) is 0.580. The number of hydrogen-bond donors (Lipinski definition) is 0. The predicted octanol–water partition coefficient (Wildman–Crippen LogP) is 0.472. The molecule has 0 aliphatic heterocycles. The van der Waals surface area contributed by atoms with E-state index >= 15 is 0 Å². The molecule has 5 heteroatoms. The second-order valence-corrected chi connectivity index (χ2v) is 3.05. The van der Waals surface area contributed by atoms with Crippen LogP contribution in [0.5, 0.6) is 0 Å². The number of halogens is 1. The van der Waals surface area contributed by atoms with E-state index in [1.54, 1.807) is 6.20 Å². The van der Waals surface area contributed by atoms with Crippen molar-refractivity contribution in [3.8, 4) is 0 Å². The Balaban J connectivity index is 2.67. The Labute approximate surface area is 71.7 Å². The van der Waals surface area contributed by atoms with Gasteiger partial charge >= 0.3 is 0 Å². The predicted molar refractivity (Wildman–Crippen MR) is 43.4 cm³/mol. The first-order chi connectivity index (χ1) is 4.68. The third-order valence-corrected chi connectivity index (χ3v) is 1.39. The van der Waals surface area contributed by atoms with Crippen molar-refractivity contribution >= 4 is 28.4 Å². The van der Waals surface area contributed by atoms with Crippen LogP contribution in [0.15, 0.2) is 6.20 Å². The van der Waals surface area contributed by atoms with Gasteiger partial charge in [0.15, 0.2) is 5.78 Å². The minimum Gasteiger partial charge on any atom is -0.298 e. The zero-order valence-electron chi connectivity index (χ0n) is 5.41. The SMILES string of the molecule is CC(=O)Cn1cc(I)nn1. The summed E-state index contributed by atoms with van der Waals surface area (Å²) in [6.07, 6.45) is 1.72. The highest BCUT2D eigenvalue weighted by atomic mass is 127. The molecule has 54 valence electrons. The maximum Gasteiger partial charge on any atom is 0.151 e. The van der Waals surface area contributed by atoms with Crippen molar-refractivity contribution in [3.63, 3.8) is 0 Å². The highest BCUT2D eigenvalue weighted by Crippen LogP contribution is 1.96. The van der Waals surface area contributed by atoms with E-state index in [4.69, 9.17) is 0 Å². The first-order valence-corrected chi connectivity index (χ1v) is 3.81. The average Bonchev–Trinajstić information content (AvgIpc) is 2.13. The van der Waals surface area contributed by atoms with E-state index in [9.17, 15) is 4.79 Å². The zero-order chi connectivity index (χ0) is 7.56. The number of Topliss-reactive ketones (excluding diaryl/α,β-unsaturated/α-hetero) is 1. The molecule has 0 aromatic carbocycles. The Morgan fingerprint density at radius 1 is 1.90 bits per heavy atom. The smallest absolute Gasteiger partial charge is 0.151 e. The van der Waals surface area contributed by atoms with Crippen molar-refractivity contribution in [1.29, 1.82) is 0 Å². The Morgan fingerprint density at radius 3 is 3.00 bits per heavy atom. The van der Waals surface area contributed by atoms with Crippen LogP contribution in [-0.2, 0) is 11.3 Å². The molecular formula is C5H6IN3O. The lowest BCUT2D eigenvalue weighted by Crippen LogP contribution is -2.06. The van der Waals surface area contributed by atoms with E-state index in [0.29, 0.717) is 6.54 Å². The summed E-state index contributed by atoms with van der Waals surface area (Å²) in [5, 5.41) is 7.41. The maximum atomic E-state index is 10.5. The lowest BCUT2D eigenvalue weighted by molar-refractivity contribution is -0.117. The molecule has 0 aliphatic carbocycles. The molecule has 0 atom stereocenters. The standard InChI is InChI=1S/C5H6IN3O/c1-4(10)2-9-3-5(6)7-8-9/h3H,2H2,1H3. The van der Waals surface area contributed by atoms with Gasteiger partial charge in [0.05, 0.1) is 6.20 Å². The number of rotatable bonds is 2. The molecule has 0 radical (unpaired) electrons. The number of hydrogen-bond acceptors (Lipinski definition) is 3. The molecule has 0 N–H and O–H groups in total. The van der Waals surface area contributed by atoms with Crippen molar-refractivity contribution in [2.45, 2.75) is 13.5 Å². The summed E-state index contributed by atoms with van der Waals surface area (Å²) in [5.41, 5.74) is 0. The highest BCUT2D eigenvalue weighted by molar-refractivity contribution is 14.1. The molecule has 1 rings (SSSR count). The van der Waals surface area contributed by atoms with Gasteiger partial charge in [-0.3, -0.25) is 4.79 Å². The van der Waals surface area contributed by atoms with Gasteiger partial charge in [-0.05, 0) is 29.5 Å². The molecule has 0 unspecified atom stereocenters. The largest absolute Gasteiger partial charge is 0.298 e. The van der Waals surface area contributed by atoms with Crippen LogP contribution in [0.2, 0.25) is 0 Å². The molecule has 4 nitrogen and oxygen atoms in total. The van der Waals surface area contributed by atoms with E-state index in [0.717, 1.165) is 3.70 Å². The Kier molecular flexibility index (Phi) is 2.36. The second kappa shape index (κ2) is 3.09. The molecule has 10 heavy (non-hydrogen) atoms. The summed E-state index contributed by atoms with van der Waals surface area (Å²) < 4.78 is 2.32. The summed E-state index contributed by atoms with van der Waals surface area (Å²) in [4.78, 5) is 10.5. The van der Waals surface area contributed by atoms with Crippen LogP contribution in [0.25, 0.3) is 0 Å². The topological polar surface area (TPSA) is 47.8 Å². The third kappa shape index (κ3) is 2.05. The quantitative estimate of drug-likeness (QED) is 0.718. The molecule has 0 amide bonds. The van der Waals surface area contributed by atoms with E-state index in [-0.39, 0.29) is 5.78 Å². The summed E-state index contributed by atoms with van der Waals surface area (Å²) in [6, 6.07) is 0. The normalized spacial score (nSPS) is 9.80. The van der Waals surface area contributed by atoms with Crippen LogP contribution < -0.4 is 0 Å². The van der Waals surface area contributed by atoms with Crippen molar-refractivity contribution < 1.29 is 4.79 Å². The molecule has 0 saturated carbocycles. The molecule has 0 spiro atoms. The highest BCUT2D eigenvalue weighted by Gasteiger charge is 1.97. The molecular weight excluding hydrogens is 245 g/mol. The van der Waals surface area contributed by atoms with Gasteiger partial charge in [0.25, 0.3) is 0 Å². The van der Waals surface area contributed by atoms with Crippen molar-refractivity contribution in [2.75, 3.05) is 0 Å². The van der Waals surface area contributed by atoms with Gasteiger partial charge in [-0.2, -0.15) is 0 Å². The summed E-state index contributed by atoms with van der Waals surface area (Å²) in [7, 11) is 0. The minimum atomic E-state index is 0.0845. The fourth-order valence-corrected chi connectivity index (χ4v) is 0.998. The first kappa shape index (κ1) is 7.64. The van der Waals surface area contributed by atoms with Crippen LogP contribution in [0, 0.1) is 3.70 Å². The monoisotopic (exact) mass is 251 g/mol. The van der Waals surface area contributed by atoms with E-state index < -0.39 is 0 Å². The average molecular weight is 251 g/mol. The van der Waals surface area contributed by atoms with Gasteiger partial charge < -0.3 is 0 Å². The molecule has 0 bridgehead atoms. The molecule has 1 heterocycles. The number of nitrogens with zero attached hydrogens (tertiary/aromatic N) is 3. The van der Waals surface area contributed by atoms with Gasteiger partial charge in [0.2, 0.25) is 0 Å². The van der Waals surface area contributed by atoms with Crippen molar-refractivity contribution in [3.05, 3.63) is 9.90 Å². The Bertz CT molecular complexity index is 245. The van der Waals surface area contributed by atoms with Crippen molar-refractivity contribution in [1.82, 2.24) is 15.0 Å². The fraction of sp³-hybridized carbons (Fsp3) is 0.400. The van der Waals surface area contributed by atoms with Gasteiger partial charge in [-0.25, -0.2) is 4.68 Å². The van der Waals surface area contributed by atoms with Crippen LogP contribution in [0.1, 0.15) is 6.92 Å². The Hall–Kier alpha value is -0.460. The van der Waals surface area contributed by atoms with Gasteiger partial charge in [-0.15, -0.1) is 5.10 Å². The number of carbonyl (C=O) groups excluding carboxylic acids is 1. The first-order valence-electron chi connectivity index (χ1n) is 2.73. The number of carbonyl (C=O) groups is 1. The minimum absolute atomic E-state index is 0.0845. The van der Waals surface area contributed by atoms with Gasteiger partial charge in [-0.1, -0.05) is 5.21 Å². The van der Waals surface area contributed by atoms with Crippen LogP contribution in [-0.4, -0.2) is 20.8 Å². The number of aromatic nitrogens is 3. The van der Waals surface area contributed by atoms with E-state index in [1.807, 2.05) is 22.6 Å². The molecule has 0 aliphatic rings. The maximum absolute atomic E-state index is 10.5. The van der Waals surface area contributed by atoms with Crippen LogP contribution in [0.3, 0.4) is 0 Å². The molecule has 0 fully saturated rings. The molecule has 0 saturated heterocycles. The lowest BCUT2D eigenvalue weighted by Gasteiger charge is -1.90. The van der Waals surface area contributed by atoms with E-state index in [2.05, 4.69) is 10.3 Å². The van der Waals surface area contributed by atoms with Crippen molar-refractivity contribution in [2.24, 2.45) is 0 Å². The molecule has 1 aromatic rings. The van der Waals surface area contributed by atoms with Gasteiger partial charge in [0.1, 0.15) is 10.2 Å². The Morgan fingerprint density at radius 2 is 2.60 bits per heavy atom. The lowest BCUT2D eigenvalue weighted by atomic mass is 10.4. The second-order valence-electron chi connectivity index (χ2n) is 1.94.